The molecule has 0 aliphatic rings. The van der Waals surface area contributed by atoms with E-state index in [4.69, 9.17) is 5.73 Å². The smallest absolute Gasteiger partial charge is 0.329 e. The molecule has 0 heterocycles. The minimum absolute atomic E-state index is 0.290. The summed E-state index contributed by atoms with van der Waals surface area (Å²) in [7, 11) is 0. The number of carboxylic acid groups (broad SMARTS) is 1. The van der Waals surface area contributed by atoms with Gasteiger partial charge in [-0.25, -0.2) is 4.79 Å². The summed E-state index contributed by atoms with van der Waals surface area (Å²) in [5.41, 5.74) is 5.32. The number of nitrogens with two attached hydrogens (primary N) is 1. The van der Waals surface area contributed by atoms with Crippen molar-refractivity contribution >= 4 is 11.9 Å². The van der Waals surface area contributed by atoms with E-state index in [1.165, 1.54) is 18.7 Å². The fourth-order valence-electron chi connectivity index (χ4n) is 1.91. The van der Waals surface area contributed by atoms with Gasteiger partial charge in [0.25, 0.3) is 0 Å². The number of carbonyl (C=O) groups is 2. The molecule has 1 rings (SSSR count). The highest BCUT2D eigenvalue weighted by molar-refractivity contribution is 5.89. The van der Waals surface area contributed by atoms with Gasteiger partial charge in [0.1, 0.15) is 11.6 Å². The van der Waals surface area contributed by atoms with Gasteiger partial charge in [0, 0.05) is 6.54 Å². The van der Waals surface area contributed by atoms with Crippen LogP contribution in [-0.2, 0) is 9.59 Å². The molecule has 1 aromatic carbocycles. The highest BCUT2D eigenvalue weighted by Gasteiger charge is 2.38. The van der Waals surface area contributed by atoms with E-state index in [1.807, 2.05) is 6.07 Å². The fourth-order valence-corrected chi connectivity index (χ4v) is 1.91. The summed E-state index contributed by atoms with van der Waals surface area (Å²) < 4.78 is 0. The van der Waals surface area contributed by atoms with Crippen LogP contribution in [0.25, 0.3) is 0 Å². The third-order valence-corrected chi connectivity index (χ3v) is 3.21. The van der Waals surface area contributed by atoms with Crippen LogP contribution in [-0.4, -0.2) is 34.0 Å². The van der Waals surface area contributed by atoms with E-state index in [9.17, 15) is 14.7 Å². The Balaban J connectivity index is 3.00. The zero-order chi connectivity index (χ0) is 14.6. The Kier molecular flexibility index (Phi) is 4.67. The van der Waals surface area contributed by atoms with Gasteiger partial charge < -0.3 is 15.7 Å². The minimum atomic E-state index is -1.28. The first-order valence-electron chi connectivity index (χ1n) is 6.17. The number of nitrogens with zero attached hydrogens (tertiary/aromatic N) is 1. The highest BCUT2D eigenvalue weighted by Crippen LogP contribution is 2.20. The van der Waals surface area contributed by atoms with Crippen molar-refractivity contribution in [3.8, 4) is 0 Å². The number of hydrogen-bond donors (Lipinski definition) is 2. The predicted octanol–water partition coefficient (Wildman–Crippen LogP) is 1.40. The molecule has 19 heavy (non-hydrogen) atoms. The molecular weight excluding hydrogens is 244 g/mol. The second-order valence-corrected chi connectivity index (χ2v) is 4.84. The van der Waals surface area contributed by atoms with Crippen LogP contribution in [0.1, 0.15) is 32.4 Å². The molecule has 0 aromatic heterocycles. The van der Waals surface area contributed by atoms with E-state index in [0.717, 1.165) is 0 Å². The van der Waals surface area contributed by atoms with E-state index in [0.29, 0.717) is 12.1 Å². The molecule has 0 fully saturated rings. The van der Waals surface area contributed by atoms with E-state index < -0.39 is 17.6 Å². The number of carboxylic acids is 1. The average Bonchev–Trinajstić information content (AvgIpc) is 2.39. The quantitative estimate of drug-likeness (QED) is 0.842. The lowest BCUT2D eigenvalue weighted by molar-refractivity contribution is -0.157. The molecule has 0 spiro atoms. The Hall–Kier alpha value is -1.88. The molecule has 0 bridgehead atoms. The van der Waals surface area contributed by atoms with Gasteiger partial charge in [-0.1, -0.05) is 30.3 Å². The van der Waals surface area contributed by atoms with Crippen LogP contribution in [0, 0.1) is 0 Å². The molecule has 0 radical (unpaired) electrons. The Morgan fingerprint density at radius 3 is 2.26 bits per heavy atom. The summed E-state index contributed by atoms with van der Waals surface area (Å²) in [6.45, 7) is 5.02. The number of carbonyl (C=O) groups excluding carboxylic acids is 1. The van der Waals surface area contributed by atoms with Crippen LogP contribution < -0.4 is 5.73 Å². The number of rotatable bonds is 5. The maximum atomic E-state index is 12.4. The van der Waals surface area contributed by atoms with Crippen molar-refractivity contribution in [2.75, 3.05) is 6.54 Å². The molecule has 0 aliphatic carbocycles. The molecule has 0 saturated carbocycles. The molecule has 0 saturated heterocycles. The molecule has 1 amide bonds. The van der Waals surface area contributed by atoms with E-state index in [1.54, 1.807) is 31.2 Å². The van der Waals surface area contributed by atoms with Gasteiger partial charge in [-0.3, -0.25) is 4.79 Å². The SMILES string of the molecule is CCN(C(=O)[C@H](N)c1ccccc1)C(C)(C)C(=O)O. The van der Waals surface area contributed by atoms with Gasteiger partial charge in [0.15, 0.2) is 0 Å². The predicted molar refractivity (Wildman–Crippen MR) is 72.5 cm³/mol. The summed E-state index contributed by atoms with van der Waals surface area (Å²) >= 11 is 0. The molecule has 0 unspecified atom stereocenters. The zero-order valence-electron chi connectivity index (χ0n) is 11.5. The van der Waals surface area contributed by atoms with E-state index in [2.05, 4.69) is 0 Å². The zero-order valence-corrected chi connectivity index (χ0v) is 11.5. The van der Waals surface area contributed by atoms with Crippen LogP contribution in [0.3, 0.4) is 0 Å². The second kappa shape index (κ2) is 5.84. The Labute approximate surface area is 113 Å². The summed E-state index contributed by atoms with van der Waals surface area (Å²) in [6.07, 6.45) is 0. The first-order valence-corrected chi connectivity index (χ1v) is 6.17. The third kappa shape index (κ3) is 3.12. The Morgan fingerprint density at radius 2 is 1.84 bits per heavy atom. The van der Waals surface area contributed by atoms with Gasteiger partial charge in [0.2, 0.25) is 5.91 Å². The standard InChI is InChI=1S/C14H20N2O3/c1-4-16(14(2,3)13(18)19)12(17)11(15)10-8-6-5-7-9-10/h5-9,11H,4,15H2,1-3H3,(H,18,19)/t11-/m1/s1. The second-order valence-electron chi connectivity index (χ2n) is 4.84. The fraction of sp³-hybridized carbons (Fsp3) is 0.429. The van der Waals surface area contributed by atoms with Crippen molar-refractivity contribution in [1.82, 2.24) is 4.90 Å². The summed E-state index contributed by atoms with van der Waals surface area (Å²) in [6, 6.07) is 8.08. The average molecular weight is 264 g/mol. The summed E-state index contributed by atoms with van der Waals surface area (Å²) in [5, 5.41) is 9.21. The number of amides is 1. The van der Waals surface area contributed by atoms with Crippen LogP contribution >= 0.6 is 0 Å². The van der Waals surface area contributed by atoms with Crippen molar-refractivity contribution in [3.05, 3.63) is 35.9 Å². The molecule has 5 heteroatoms. The number of aliphatic carboxylic acids is 1. The van der Waals surface area contributed by atoms with Gasteiger partial charge in [-0.15, -0.1) is 0 Å². The lowest BCUT2D eigenvalue weighted by atomic mass is 9.99. The van der Waals surface area contributed by atoms with Gasteiger partial charge in [-0.2, -0.15) is 0 Å². The summed E-state index contributed by atoms with van der Waals surface area (Å²) in [5.74, 6) is -1.44. The van der Waals surface area contributed by atoms with Crippen molar-refractivity contribution in [2.45, 2.75) is 32.4 Å². The monoisotopic (exact) mass is 264 g/mol. The van der Waals surface area contributed by atoms with Crippen LogP contribution in [0.5, 0.6) is 0 Å². The van der Waals surface area contributed by atoms with Crippen molar-refractivity contribution < 1.29 is 14.7 Å². The van der Waals surface area contributed by atoms with Crippen molar-refractivity contribution in [1.29, 1.82) is 0 Å². The lowest BCUT2D eigenvalue weighted by Crippen LogP contribution is -2.55. The molecule has 1 atom stereocenters. The first kappa shape index (κ1) is 15.2. The Morgan fingerprint density at radius 1 is 1.32 bits per heavy atom. The normalized spacial score (nSPS) is 12.8. The number of likely N-dealkylation sites (N-methyl/N-ethyl adjacent to an activating group) is 1. The Bertz CT molecular complexity index is 457. The first-order chi connectivity index (χ1) is 8.82. The molecular formula is C14H20N2O3. The molecule has 5 nitrogen and oxygen atoms in total. The van der Waals surface area contributed by atoms with E-state index >= 15 is 0 Å². The molecule has 3 N–H and O–H groups in total. The summed E-state index contributed by atoms with van der Waals surface area (Å²) in [4.78, 5) is 24.9. The number of hydrogen-bond acceptors (Lipinski definition) is 3. The highest BCUT2D eigenvalue weighted by atomic mass is 16.4. The minimum Gasteiger partial charge on any atom is -0.480 e. The third-order valence-electron chi connectivity index (χ3n) is 3.21. The topological polar surface area (TPSA) is 83.6 Å². The number of benzene rings is 1. The van der Waals surface area contributed by atoms with Crippen molar-refractivity contribution in [3.63, 3.8) is 0 Å². The lowest BCUT2D eigenvalue weighted by Gasteiger charge is -2.36. The van der Waals surface area contributed by atoms with E-state index in [-0.39, 0.29) is 5.91 Å². The van der Waals surface area contributed by atoms with Crippen LogP contribution in [0.15, 0.2) is 30.3 Å². The molecule has 104 valence electrons. The maximum Gasteiger partial charge on any atom is 0.329 e. The van der Waals surface area contributed by atoms with Gasteiger partial charge in [-0.05, 0) is 26.3 Å². The molecule has 0 aliphatic heterocycles. The van der Waals surface area contributed by atoms with Crippen LogP contribution in [0.4, 0.5) is 0 Å². The van der Waals surface area contributed by atoms with Gasteiger partial charge >= 0.3 is 5.97 Å². The van der Waals surface area contributed by atoms with Gasteiger partial charge in [0.05, 0.1) is 0 Å². The largest absolute Gasteiger partial charge is 0.480 e. The maximum absolute atomic E-state index is 12.4. The van der Waals surface area contributed by atoms with Crippen molar-refractivity contribution in [2.24, 2.45) is 5.73 Å². The van der Waals surface area contributed by atoms with Crippen LogP contribution in [0.2, 0.25) is 0 Å². The molecule has 1 aromatic rings.